The minimum absolute atomic E-state index is 0.00480. The van der Waals surface area contributed by atoms with Gasteiger partial charge in [0.05, 0.1) is 33.4 Å². The van der Waals surface area contributed by atoms with Crippen molar-refractivity contribution in [3.05, 3.63) is 231 Å². The largest absolute Gasteiger partial charge is 0.478 e. The van der Waals surface area contributed by atoms with Gasteiger partial charge in [-0.25, -0.2) is 14.4 Å². The van der Waals surface area contributed by atoms with Crippen LogP contribution in [0.3, 0.4) is 0 Å². The van der Waals surface area contributed by atoms with E-state index in [2.05, 4.69) is 38.4 Å². The van der Waals surface area contributed by atoms with Crippen LogP contribution in [0.4, 0.5) is 28.4 Å². The number of amides is 5. The first-order valence-electron chi connectivity index (χ1n) is 23.4. The molecule has 8 rings (SSSR count). The molecule has 0 bridgehead atoms. The van der Waals surface area contributed by atoms with Gasteiger partial charge in [-0.1, -0.05) is 35.6 Å². The van der Waals surface area contributed by atoms with Crippen LogP contribution in [0.2, 0.25) is 0 Å². The van der Waals surface area contributed by atoms with E-state index in [0.717, 1.165) is 24.3 Å². The van der Waals surface area contributed by atoms with Crippen molar-refractivity contribution in [3.8, 4) is 47.7 Å². The van der Waals surface area contributed by atoms with Gasteiger partial charge in [-0.05, 0) is 159 Å². The van der Waals surface area contributed by atoms with Crippen LogP contribution in [0.15, 0.2) is 170 Å². The maximum Gasteiger partial charge on any atom is 0.336 e. The third kappa shape index (κ3) is 13.3. The molecule has 79 heavy (non-hydrogen) atoms. The second-order valence-corrected chi connectivity index (χ2v) is 17.2. The number of benzene rings is 8. The van der Waals surface area contributed by atoms with Crippen LogP contribution in [0.1, 0.15) is 99.6 Å². The summed E-state index contributed by atoms with van der Waals surface area (Å²) in [5.74, 6) is -2.49. The van der Waals surface area contributed by atoms with E-state index in [1.807, 2.05) is 0 Å². The van der Waals surface area contributed by atoms with Crippen LogP contribution in [-0.4, -0.2) is 62.8 Å². The lowest BCUT2D eigenvalue weighted by Gasteiger charge is -2.14. The zero-order valence-corrected chi connectivity index (χ0v) is 41.2. The van der Waals surface area contributed by atoms with Crippen molar-refractivity contribution in [2.45, 2.75) is 6.92 Å². The van der Waals surface area contributed by atoms with Crippen molar-refractivity contribution in [3.63, 3.8) is 0 Å². The number of ether oxygens (including phenoxy) is 2. The van der Waals surface area contributed by atoms with Crippen LogP contribution >= 0.6 is 0 Å². The Bertz CT molecular complexity index is 3800. The van der Waals surface area contributed by atoms with Crippen LogP contribution in [0.5, 0.6) is 23.0 Å². The lowest BCUT2D eigenvalue weighted by atomic mass is 10.0. The quantitative estimate of drug-likeness (QED) is 0.0395. The SMILES string of the molecule is C#Cc1cccc(NC(=O)c2cc(NC(=O)c3cc(Oc4ccc(C(=O)O)c(C(=O)Nc5ccc(Oc6ccc(NC(=O)c7cc(C)ccc7C(=O)O)cc6)cc5)c4)ccc3C(=O)O)cc(C(=O)Nc3cccc(C#C)c3)c2)c1. The highest BCUT2D eigenvalue weighted by Crippen LogP contribution is 2.30. The molecule has 5 amide bonds. The second kappa shape index (κ2) is 23.6. The number of carbonyl (C=O) groups excluding carboxylic acids is 5. The number of hydrogen-bond acceptors (Lipinski definition) is 10. The third-order valence-corrected chi connectivity index (χ3v) is 11.6. The third-order valence-electron chi connectivity index (χ3n) is 11.6. The smallest absolute Gasteiger partial charge is 0.336 e. The summed E-state index contributed by atoms with van der Waals surface area (Å²) in [5, 5.41) is 43.0. The molecule has 18 nitrogen and oxygen atoms in total. The average Bonchev–Trinajstić information content (AvgIpc) is 3.48. The van der Waals surface area contributed by atoms with Crippen LogP contribution in [-0.2, 0) is 0 Å². The van der Waals surface area contributed by atoms with Gasteiger partial charge in [0.15, 0.2) is 0 Å². The van der Waals surface area contributed by atoms with E-state index in [1.165, 1.54) is 66.7 Å². The van der Waals surface area contributed by atoms with Crippen LogP contribution < -0.4 is 36.1 Å². The van der Waals surface area contributed by atoms with Crippen molar-refractivity contribution >= 4 is 75.9 Å². The molecule has 0 aromatic heterocycles. The number of hydrogen-bond donors (Lipinski definition) is 8. The Morgan fingerprint density at radius 3 is 1.11 bits per heavy atom. The van der Waals surface area contributed by atoms with Crippen LogP contribution in [0.25, 0.3) is 0 Å². The molecule has 0 aliphatic rings. The lowest BCUT2D eigenvalue weighted by molar-refractivity contribution is 0.0683. The number of carbonyl (C=O) groups is 8. The minimum atomic E-state index is -1.49. The highest BCUT2D eigenvalue weighted by molar-refractivity contribution is 6.15. The number of anilines is 5. The number of carboxylic acids is 3. The molecule has 0 fully saturated rings. The van der Waals surface area contributed by atoms with Crippen molar-refractivity contribution < 1.29 is 63.1 Å². The van der Waals surface area contributed by atoms with Gasteiger partial charge < -0.3 is 51.4 Å². The summed E-state index contributed by atoms with van der Waals surface area (Å²) in [5.41, 5.74) is 0.995. The van der Waals surface area contributed by atoms with Crippen molar-refractivity contribution in [1.29, 1.82) is 0 Å². The molecule has 8 aromatic rings. The van der Waals surface area contributed by atoms with E-state index in [4.69, 9.17) is 22.3 Å². The summed E-state index contributed by atoms with van der Waals surface area (Å²) >= 11 is 0. The molecule has 388 valence electrons. The Hall–Kier alpha value is -11.8. The first kappa shape index (κ1) is 53.5. The maximum absolute atomic E-state index is 14.1. The topological polar surface area (TPSA) is 276 Å². The van der Waals surface area contributed by atoms with Gasteiger partial charge in [0.2, 0.25) is 0 Å². The fraction of sp³-hybridized carbons (Fsp3) is 0.0164. The molecule has 18 heteroatoms. The number of nitrogens with one attached hydrogen (secondary N) is 5. The van der Waals surface area contributed by atoms with Gasteiger partial charge in [0.25, 0.3) is 29.5 Å². The molecule has 0 saturated carbocycles. The number of aromatic carboxylic acids is 3. The van der Waals surface area contributed by atoms with Gasteiger partial charge >= 0.3 is 17.9 Å². The lowest BCUT2D eigenvalue weighted by Crippen LogP contribution is -2.19. The number of carboxylic acid groups (broad SMARTS) is 3. The number of aryl methyl sites for hydroxylation is 1. The standard InChI is InChI=1S/C61H41N5O13/c1-4-35-8-6-10-41(27-35)64-54(67)37-29-38(55(68)65-42-11-7-9-36(5-2)28-42)31-43(30-37)66-58(71)53-33-47(22-25-50(53)61(76)77)79-46-21-24-49(60(74)75)52(32-46)57(70)63-40-15-19-45(20-16-40)78-44-17-13-39(14-18-44)62-56(69)51-26-34(3)12-23-48(51)59(72)73/h1-2,6-33H,3H3,(H,62,69)(H,63,70)(H,64,67)(H,65,68)(H,66,71)(H,72,73)(H,74,75)(H,76,77). The fourth-order valence-corrected chi connectivity index (χ4v) is 7.78. The number of rotatable bonds is 17. The molecule has 0 radical (unpaired) electrons. The summed E-state index contributed by atoms with van der Waals surface area (Å²) in [6.45, 7) is 1.74. The molecular weight excluding hydrogens is 1010 g/mol. The molecule has 0 heterocycles. The predicted molar refractivity (Wildman–Crippen MR) is 293 cm³/mol. The molecule has 8 aromatic carbocycles. The van der Waals surface area contributed by atoms with Crippen LogP contribution in [0, 0.1) is 31.6 Å². The average molecular weight is 1050 g/mol. The molecule has 8 N–H and O–H groups in total. The Kier molecular flexibility index (Phi) is 16.0. The van der Waals surface area contributed by atoms with E-state index in [1.54, 1.807) is 85.8 Å². The zero-order chi connectivity index (χ0) is 56.3. The van der Waals surface area contributed by atoms with E-state index in [-0.39, 0.29) is 50.7 Å². The van der Waals surface area contributed by atoms with Gasteiger partial charge in [0.1, 0.15) is 23.0 Å². The Morgan fingerprint density at radius 2 is 0.709 bits per heavy atom. The summed E-state index contributed by atoms with van der Waals surface area (Å²) in [7, 11) is 0. The highest BCUT2D eigenvalue weighted by Gasteiger charge is 2.23. The van der Waals surface area contributed by atoms with Gasteiger partial charge in [-0.15, -0.1) is 12.8 Å². The zero-order valence-electron chi connectivity index (χ0n) is 41.2. The molecule has 0 saturated heterocycles. The van der Waals surface area contributed by atoms with E-state index in [9.17, 15) is 53.7 Å². The second-order valence-electron chi connectivity index (χ2n) is 17.2. The first-order valence-corrected chi connectivity index (χ1v) is 23.4. The summed E-state index contributed by atoms with van der Waals surface area (Å²) in [6.07, 6.45) is 11.1. The summed E-state index contributed by atoms with van der Waals surface area (Å²) in [6, 6.07) is 40.5. The van der Waals surface area contributed by atoms with E-state index in [0.29, 0.717) is 45.3 Å². The molecule has 0 atom stereocenters. The summed E-state index contributed by atoms with van der Waals surface area (Å²) in [4.78, 5) is 104. The predicted octanol–water partition coefficient (Wildman–Crippen LogP) is 10.9. The molecular formula is C61H41N5O13. The van der Waals surface area contributed by atoms with Crippen molar-refractivity contribution in [2.24, 2.45) is 0 Å². The minimum Gasteiger partial charge on any atom is -0.478 e. The molecule has 0 unspecified atom stereocenters. The maximum atomic E-state index is 14.1. The molecule has 0 aliphatic carbocycles. The highest BCUT2D eigenvalue weighted by atomic mass is 16.5. The van der Waals surface area contributed by atoms with E-state index >= 15 is 0 Å². The van der Waals surface area contributed by atoms with Gasteiger partial charge in [-0.3, -0.25) is 24.0 Å². The fourth-order valence-electron chi connectivity index (χ4n) is 7.78. The van der Waals surface area contributed by atoms with E-state index < -0.39 is 64.1 Å². The number of terminal acetylenes is 2. The van der Waals surface area contributed by atoms with Crippen molar-refractivity contribution in [2.75, 3.05) is 26.6 Å². The van der Waals surface area contributed by atoms with Crippen molar-refractivity contribution in [1.82, 2.24) is 0 Å². The molecule has 0 spiro atoms. The Labute approximate surface area is 449 Å². The first-order chi connectivity index (χ1) is 37.9. The van der Waals surface area contributed by atoms with Gasteiger partial charge in [0, 0.05) is 50.7 Å². The Balaban J connectivity index is 0.974. The Morgan fingerprint density at radius 1 is 0.354 bits per heavy atom. The molecule has 0 aliphatic heterocycles. The monoisotopic (exact) mass is 1050 g/mol. The van der Waals surface area contributed by atoms with Gasteiger partial charge in [-0.2, -0.15) is 0 Å². The normalized spacial score (nSPS) is 10.4. The summed E-state index contributed by atoms with van der Waals surface area (Å²) < 4.78 is 11.9.